The quantitative estimate of drug-likeness (QED) is 0.375. The lowest BCUT2D eigenvalue weighted by Gasteiger charge is -2.37. The van der Waals surface area contributed by atoms with Crippen molar-refractivity contribution in [3.63, 3.8) is 0 Å². The number of carboxylic acid groups (broad SMARTS) is 1. The van der Waals surface area contributed by atoms with Crippen LogP contribution < -0.4 is 10.9 Å². The lowest BCUT2D eigenvalue weighted by Crippen LogP contribution is -2.50. The SMILES string of the molecule is O=C(O)[C@H](c1c[nH]c2ccccc12)N1CCN(CCNc2cc(=O)oc3ccccc23)CC1. The molecule has 2 aromatic carbocycles. The van der Waals surface area contributed by atoms with Gasteiger partial charge >= 0.3 is 11.6 Å². The maximum Gasteiger partial charge on any atom is 0.338 e. The van der Waals surface area contributed by atoms with Crippen molar-refractivity contribution in [2.75, 3.05) is 44.6 Å². The fourth-order valence-electron chi connectivity index (χ4n) is 4.66. The van der Waals surface area contributed by atoms with E-state index in [1.165, 1.54) is 6.07 Å². The Morgan fingerprint density at radius 1 is 1.06 bits per heavy atom. The van der Waals surface area contributed by atoms with E-state index in [0.29, 0.717) is 25.2 Å². The number of hydrogen-bond acceptors (Lipinski definition) is 6. The van der Waals surface area contributed by atoms with E-state index in [1.807, 2.05) is 53.6 Å². The molecule has 1 fully saturated rings. The van der Waals surface area contributed by atoms with Crippen LogP contribution in [0.25, 0.3) is 21.9 Å². The number of rotatable bonds is 7. The Bertz CT molecular complexity index is 1340. The van der Waals surface area contributed by atoms with Gasteiger partial charge in [-0.05, 0) is 18.2 Å². The molecule has 3 heterocycles. The predicted molar refractivity (Wildman–Crippen MR) is 128 cm³/mol. The fraction of sp³-hybridized carbons (Fsp3) is 0.280. The number of carboxylic acids is 1. The molecule has 1 aliphatic heterocycles. The highest BCUT2D eigenvalue weighted by atomic mass is 16.4. The number of aromatic nitrogens is 1. The summed E-state index contributed by atoms with van der Waals surface area (Å²) in [5.74, 6) is -0.829. The van der Waals surface area contributed by atoms with E-state index in [4.69, 9.17) is 4.42 Å². The van der Waals surface area contributed by atoms with E-state index < -0.39 is 12.0 Å². The minimum absolute atomic E-state index is 0.373. The minimum Gasteiger partial charge on any atom is -0.480 e. The molecule has 170 valence electrons. The van der Waals surface area contributed by atoms with Crippen molar-refractivity contribution in [2.45, 2.75) is 6.04 Å². The molecule has 0 spiro atoms. The summed E-state index contributed by atoms with van der Waals surface area (Å²) in [5.41, 5.74) is 2.72. The number of aromatic amines is 1. The van der Waals surface area contributed by atoms with Crippen LogP contribution in [0.1, 0.15) is 11.6 Å². The second kappa shape index (κ2) is 9.09. The number of nitrogens with zero attached hydrogens (tertiary/aromatic N) is 2. The van der Waals surface area contributed by atoms with Gasteiger partial charge in [0, 0.05) is 73.4 Å². The summed E-state index contributed by atoms with van der Waals surface area (Å²) in [7, 11) is 0. The van der Waals surface area contributed by atoms with E-state index in [2.05, 4.69) is 15.2 Å². The molecule has 0 aliphatic carbocycles. The van der Waals surface area contributed by atoms with Crippen molar-refractivity contribution in [2.24, 2.45) is 0 Å². The first-order chi connectivity index (χ1) is 16.1. The van der Waals surface area contributed by atoms with Gasteiger partial charge in [0.15, 0.2) is 0 Å². The van der Waals surface area contributed by atoms with Crippen LogP contribution in [0.4, 0.5) is 5.69 Å². The smallest absolute Gasteiger partial charge is 0.338 e. The van der Waals surface area contributed by atoms with Gasteiger partial charge in [-0.3, -0.25) is 14.6 Å². The molecule has 5 rings (SSSR count). The van der Waals surface area contributed by atoms with Gasteiger partial charge in [0.25, 0.3) is 0 Å². The molecule has 33 heavy (non-hydrogen) atoms. The van der Waals surface area contributed by atoms with Crippen molar-refractivity contribution in [3.8, 4) is 0 Å². The number of H-pyrrole nitrogens is 1. The lowest BCUT2D eigenvalue weighted by atomic mass is 10.0. The summed E-state index contributed by atoms with van der Waals surface area (Å²) in [6, 6.07) is 16.1. The van der Waals surface area contributed by atoms with Crippen molar-refractivity contribution < 1.29 is 14.3 Å². The highest BCUT2D eigenvalue weighted by Crippen LogP contribution is 2.29. The molecule has 8 heteroatoms. The van der Waals surface area contributed by atoms with Gasteiger partial charge in [-0.2, -0.15) is 0 Å². The Hall–Kier alpha value is -3.62. The number of carbonyl (C=O) groups is 1. The zero-order valence-electron chi connectivity index (χ0n) is 18.2. The third-order valence-corrected chi connectivity index (χ3v) is 6.32. The van der Waals surface area contributed by atoms with Gasteiger partial charge in [0.1, 0.15) is 11.6 Å². The van der Waals surface area contributed by atoms with E-state index in [0.717, 1.165) is 47.2 Å². The lowest BCUT2D eigenvalue weighted by molar-refractivity contribution is -0.144. The summed E-state index contributed by atoms with van der Waals surface area (Å²) in [4.78, 5) is 31.5. The molecule has 1 aliphatic rings. The van der Waals surface area contributed by atoms with Crippen LogP contribution in [0.15, 0.2) is 70.0 Å². The van der Waals surface area contributed by atoms with E-state index in [9.17, 15) is 14.7 Å². The molecular weight excluding hydrogens is 420 g/mol. The zero-order chi connectivity index (χ0) is 22.8. The second-order valence-electron chi connectivity index (χ2n) is 8.31. The number of piperazine rings is 1. The normalized spacial score (nSPS) is 16.2. The zero-order valence-corrected chi connectivity index (χ0v) is 18.2. The topological polar surface area (TPSA) is 102 Å². The standard InChI is InChI=1S/C25H26N4O4/c30-23-15-21(18-6-2-4-8-22(18)33-23)26-9-10-28-11-13-29(14-12-28)24(25(31)32)19-16-27-20-7-3-1-5-17(19)20/h1-8,15-16,24,26-27H,9-14H2,(H,31,32)/t24-/m0/s1. The first-order valence-electron chi connectivity index (χ1n) is 11.1. The summed E-state index contributed by atoms with van der Waals surface area (Å²) < 4.78 is 5.25. The van der Waals surface area contributed by atoms with Gasteiger partial charge < -0.3 is 19.8 Å². The van der Waals surface area contributed by atoms with E-state index >= 15 is 0 Å². The number of hydrogen-bond donors (Lipinski definition) is 3. The summed E-state index contributed by atoms with van der Waals surface area (Å²) in [5, 5.41) is 15.2. The summed E-state index contributed by atoms with van der Waals surface area (Å²) in [6.07, 6.45) is 1.82. The number of para-hydroxylation sites is 2. The Labute approximate surface area is 190 Å². The monoisotopic (exact) mass is 446 g/mol. The molecule has 3 N–H and O–H groups in total. The maximum atomic E-state index is 12.2. The largest absolute Gasteiger partial charge is 0.480 e. The minimum atomic E-state index is -0.829. The molecule has 1 saturated heterocycles. The Balaban J connectivity index is 1.21. The second-order valence-corrected chi connectivity index (χ2v) is 8.31. The van der Waals surface area contributed by atoms with Crippen molar-refractivity contribution >= 4 is 33.5 Å². The van der Waals surface area contributed by atoms with Gasteiger partial charge in [-0.25, -0.2) is 4.79 Å². The van der Waals surface area contributed by atoms with Crippen LogP contribution in [-0.4, -0.2) is 65.1 Å². The van der Waals surface area contributed by atoms with Crippen LogP contribution in [0.5, 0.6) is 0 Å². The van der Waals surface area contributed by atoms with Crippen LogP contribution in [0.3, 0.4) is 0 Å². The number of anilines is 1. The molecular formula is C25H26N4O4. The van der Waals surface area contributed by atoms with E-state index in [1.54, 1.807) is 6.07 Å². The Morgan fingerprint density at radius 3 is 2.58 bits per heavy atom. The molecule has 2 aromatic heterocycles. The Morgan fingerprint density at radius 2 is 1.79 bits per heavy atom. The fourth-order valence-corrected chi connectivity index (χ4v) is 4.66. The van der Waals surface area contributed by atoms with E-state index in [-0.39, 0.29) is 5.63 Å². The average Bonchev–Trinajstić information content (AvgIpc) is 3.23. The van der Waals surface area contributed by atoms with Crippen LogP contribution in [0, 0.1) is 0 Å². The maximum absolute atomic E-state index is 12.2. The third-order valence-electron chi connectivity index (χ3n) is 6.32. The molecule has 0 unspecified atom stereocenters. The average molecular weight is 447 g/mol. The molecule has 8 nitrogen and oxygen atoms in total. The van der Waals surface area contributed by atoms with Gasteiger partial charge in [-0.1, -0.05) is 30.3 Å². The summed E-state index contributed by atoms with van der Waals surface area (Å²) >= 11 is 0. The molecule has 1 atom stereocenters. The molecule has 0 radical (unpaired) electrons. The van der Waals surface area contributed by atoms with Gasteiger partial charge in [-0.15, -0.1) is 0 Å². The third kappa shape index (κ3) is 4.35. The molecule has 0 saturated carbocycles. The summed E-state index contributed by atoms with van der Waals surface area (Å²) in [6.45, 7) is 4.39. The number of fused-ring (bicyclic) bond motifs is 2. The highest BCUT2D eigenvalue weighted by Gasteiger charge is 2.31. The Kier molecular flexibility index (Phi) is 5.85. The van der Waals surface area contributed by atoms with Crippen molar-refractivity contribution in [1.82, 2.24) is 14.8 Å². The number of aliphatic carboxylic acids is 1. The van der Waals surface area contributed by atoms with Crippen molar-refractivity contribution in [1.29, 1.82) is 0 Å². The highest BCUT2D eigenvalue weighted by molar-refractivity contribution is 5.90. The molecule has 0 amide bonds. The van der Waals surface area contributed by atoms with Crippen molar-refractivity contribution in [3.05, 3.63) is 76.8 Å². The number of benzene rings is 2. The van der Waals surface area contributed by atoms with Gasteiger partial charge in [0.05, 0.1) is 5.69 Å². The predicted octanol–water partition coefficient (Wildman–Crippen LogP) is 3.13. The van der Waals surface area contributed by atoms with Crippen LogP contribution >= 0.6 is 0 Å². The molecule has 4 aromatic rings. The van der Waals surface area contributed by atoms with Gasteiger partial charge in [0.2, 0.25) is 0 Å². The number of nitrogens with one attached hydrogen (secondary N) is 2. The first-order valence-corrected chi connectivity index (χ1v) is 11.1. The van der Waals surface area contributed by atoms with Crippen LogP contribution in [0.2, 0.25) is 0 Å². The first kappa shape index (κ1) is 21.2. The molecule has 0 bridgehead atoms. The van der Waals surface area contributed by atoms with Crippen LogP contribution in [-0.2, 0) is 4.79 Å².